The van der Waals surface area contributed by atoms with Crippen molar-refractivity contribution in [2.75, 3.05) is 33.3 Å². The van der Waals surface area contributed by atoms with Gasteiger partial charge in [0, 0.05) is 32.8 Å². The molecule has 0 bridgehead atoms. The van der Waals surface area contributed by atoms with Crippen molar-refractivity contribution >= 4 is 0 Å². The number of piperidine rings is 1. The topological polar surface area (TPSA) is 24.5 Å². The molecule has 0 aromatic carbocycles. The molecule has 1 heterocycles. The summed E-state index contributed by atoms with van der Waals surface area (Å²) in [7, 11) is 1.86. The molecule has 1 N–H and O–H groups in total. The van der Waals surface area contributed by atoms with Gasteiger partial charge in [0.1, 0.15) is 0 Å². The van der Waals surface area contributed by atoms with E-state index in [1.807, 2.05) is 7.11 Å². The maximum atomic E-state index is 5.50. The van der Waals surface area contributed by atoms with Crippen LogP contribution in [-0.2, 0) is 4.74 Å². The normalized spacial score (nSPS) is 32.4. The van der Waals surface area contributed by atoms with Crippen LogP contribution in [0.15, 0.2) is 0 Å². The van der Waals surface area contributed by atoms with Crippen LogP contribution in [0.3, 0.4) is 0 Å². The van der Waals surface area contributed by atoms with Gasteiger partial charge < -0.3 is 15.0 Å². The summed E-state index contributed by atoms with van der Waals surface area (Å²) in [5, 5.41) is 3.76. The largest absolute Gasteiger partial charge is 0.381 e. The van der Waals surface area contributed by atoms with E-state index in [0.29, 0.717) is 6.10 Å². The molecule has 124 valence electrons. The Bertz CT molecular complexity index is 276. The minimum atomic E-state index is 0.505. The molecule has 1 aliphatic heterocycles. The zero-order valence-electron chi connectivity index (χ0n) is 14.4. The second-order valence-electron chi connectivity index (χ2n) is 7.13. The Balaban J connectivity index is 1.84. The first kappa shape index (κ1) is 17.2. The molecule has 0 amide bonds. The molecule has 1 saturated carbocycles. The second-order valence-corrected chi connectivity index (χ2v) is 7.13. The number of hydrogen-bond acceptors (Lipinski definition) is 3. The maximum Gasteiger partial charge on any atom is 0.0595 e. The SMILES string of the molecule is CCCC1CCC(NCC)C(CN2CCC(OC)CC2)C1. The van der Waals surface area contributed by atoms with Crippen LogP contribution in [0.25, 0.3) is 0 Å². The van der Waals surface area contributed by atoms with Crippen LogP contribution >= 0.6 is 0 Å². The van der Waals surface area contributed by atoms with Crippen molar-refractivity contribution in [3.8, 4) is 0 Å². The van der Waals surface area contributed by atoms with E-state index in [1.54, 1.807) is 0 Å². The van der Waals surface area contributed by atoms with Crippen molar-refractivity contribution in [2.45, 2.75) is 70.9 Å². The van der Waals surface area contributed by atoms with Crippen LogP contribution in [0.1, 0.15) is 58.8 Å². The number of ether oxygens (including phenoxy) is 1. The zero-order valence-corrected chi connectivity index (χ0v) is 14.4. The van der Waals surface area contributed by atoms with Crippen LogP contribution in [-0.4, -0.2) is 50.3 Å². The quantitative estimate of drug-likeness (QED) is 0.780. The smallest absolute Gasteiger partial charge is 0.0595 e. The predicted molar refractivity (Wildman–Crippen MR) is 89.7 cm³/mol. The summed E-state index contributed by atoms with van der Waals surface area (Å²) in [4.78, 5) is 2.69. The van der Waals surface area contributed by atoms with Crippen molar-refractivity contribution < 1.29 is 4.74 Å². The predicted octanol–water partition coefficient (Wildman–Crippen LogP) is 3.29. The second kappa shape index (κ2) is 9.12. The molecule has 0 aromatic rings. The van der Waals surface area contributed by atoms with Crippen LogP contribution < -0.4 is 5.32 Å². The van der Waals surface area contributed by atoms with Gasteiger partial charge in [-0.25, -0.2) is 0 Å². The third-order valence-electron chi connectivity index (χ3n) is 5.61. The van der Waals surface area contributed by atoms with E-state index < -0.39 is 0 Å². The molecule has 3 atom stereocenters. The molecule has 0 spiro atoms. The fourth-order valence-corrected chi connectivity index (χ4v) is 4.42. The van der Waals surface area contributed by atoms with E-state index in [2.05, 4.69) is 24.1 Å². The summed E-state index contributed by atoms with van der Waals surface area (Å²) >= 11 is 0. The van der Waals surface area contributed by atoms with Gasteiger partial charge in [0.2, 0.25) is 0 Å². The number of nitrogens with one attached hydrogen (secondary N) is 1. The fourth-order valence-electron chi connectivity index (χ4n) is 4.42. The minimum Gasteiger partial charge on any atom is -0.381 e. The Morgan fingerprint density at radius 1 is 1.10 bits per heavy atom. The first-order valence-electron chi connectivity index (χ1n) is 9.25. The van der Waals surface area contributed by atoms with Crippen molar-refractivity contribution in [1.29, 1.82) is 0 Å². The van der Waals surface area contributed by atoms with E-state index in [9.17, 15) is 0 Å². The highest BCUT2D eigenvalue weighted by atomic mass is 16.5. The van der Waals surface area contributed by atoms with E-state index >= 15 is 0 Å². The first-order chi connectivity index (χ1) is 10.3. The lowest BCUT2D eigenvalue weighted by atomic mass is 9.76. The molecule has 1 saturated heterocycles. The van der Waals surface area contributed by atoms with Gasteiger partial charge in [-0.2, -0.15) is 0 Å². The summed E-state index contributed by atoms with van der Waals surface area (Å²) < 4.78 is 5.50. The first-order valence-corrected chi connectivity index (χ1v) is 9.25. The Morgan fingerprint density at radius 2 is 1.86 bits per heavy atom. The molecule has 1 aliphatic carbocycles. The fraction of sp³-hybridized carbons (Fsp3) is 1.00. The van der Waals surface area contributed by atoms with E-state index in [0.717, 1.165) is 24.4 Å². The third kappa shape index (κ3) is 5.22. The highest BCUT2D eigenvalue weighted by Gasteiger charge is 2.31. The molecule has 0 radical (unpaired) electrons. The lowest BCUT2D eigenvalue weighted by Gasteiger charge is -2.41. The Labute approximate surface area is 131 Å². The average molecular weight is 296 g/mol. The molecule has 3 heteroatoms. The number of hydrogen-bond donors (Lipinski definition) is 1. The van der Waals surface area contributed by atoms with Crippen molar-refractivity contribution in [2.24, 2.45) is 11.8 Å². The standard InChI is InChI=1S/C18H36N2O/c1-4-6-15-7-8-18(19-5-2)16(13-15)14-20-11-9-17(21-3)10-12-20/h15-19H,4-14H2,1-3H3. The number of nitrogens with zero attached hydrogens (tertiary/aromatic N) is 1. The molecular formula is C18H36N2O. The van der Waals surface area contributed by atoms with E-state index in [-0.39, 0.29) is 0 Å². The summed E-state index contributed by atoms with van der Waals surface area (Å²) in [5.41, 5.74) is 0. The number of likely N-dealkylation sites (tertiary alicyclic amines) is 1. The van der Waals surface area contributed by atoms with Crippen molar-refractivity contribution in [3.05, 3.63) is 0 Å². The molecule has 2 rings (SSSR count). The Hall–Kier alpha value is -0.120. The summed E-state index contributed by atoms with van der Waals surface area (Å²) in [6.07, 6.45) is 9.98. The summed E-state index contributed by atoms with van der Waals surface area (Å²) in [6, 6.07) is 0.753. The zero-order chi connectivity index (χ0) is 15.1. The van der Waals surface area contributed by atoms with E-state index in [1.165, 1.54) is 64.6 Å². The number of rotatable bonds is 7. The van der Waals surface area contributed by atoms with E-state index in [4.69, 9.17) is 4.74 Å². The van der Waals surface area contributed by atoms with Gasteiger partial charge in [-0.3, -0.25) is 0 Å². The molecule has 21 heavy (non-hydrogen) atoms. The van der Waals surface area contributed by atoms with Crippen LogP contribution in [0.5, 0.6) is 0 Å². The van der Waals surface area contributed by atoms with Gasteiger partial charge in [0.15, 0.2) is 0 Å². The maximum absolute atomic E-state index is 5.50. The molecule has 3 nitrogen and oxygen atoms in total. The summed E-state index contributed by atoms with van der Waals surface area (Å²) in [5.74, 6) is 1.83. The van der Waals surface area contributed by atoms with Crippen LogP contribution in [0.2, 0.25) is 0 Å². The highest BCUT2D eigenvalue weighted by Crippen LogP contribution is 2.33. The van der Waals surface area contributed by atoms with Gasteiger partial charge in [-0.1, -0.05) is 26.7 Å². The third-order valence-corrected chi connectivity index (χ3v) is 5.61. The lowest BCUT2D eigenvalue weighted by Crippen LogP contribution is -2.48. The van der Waals surface area contributed by atoms with Crippen molar-refractivity contribution in [3.63, 3.8) is 0 Å². The van der Waals surface area contributed by atoms with Crippen molar-refractivity contribution in [1.82, 2.24) is 10.2 Å². The molecule has 3 unspecified atom stereocenters. The molecule has 2 fully saturated rings. The molecule has 0 aromatic heterocycles. The Morgan fingerprint density at radius 3 is 2.48 bits per heavy atom. The monoisotopic (exact) mass is 296 g/mol. The Kier molecular flexibility index (Phi) is 7.48. The van der Waals surface area contributed by atoms with Gasteiger partial charge in [0.25, 0.3) is 0 Å². The average Bonchev–Trinajstić information content (AvgIpc) is 2.51. The van der Waals surface area contributed by atoms with Crippen LogP contribution in [0.4, 0.5) is 0 Å². The van der Waals surface area contributed by atoms with Gasteiger partial charge in [-0.05, 0) is 50.5 Å². The molecule has 2 aliphatic rings. The van der Waals surface area contributed by atoms with Gasteiger partial charge in [0.05, 0.1) is 6.10 Å². The minimum absolute atomic E-state index is 0.505. The number of methoxy groups -OCH3 is 1. The lowest BCUT2D eigenvalue weighted by molar-refractivity contribution is 0.0296. The van der Waals surface area contributed by atoms with Crippen LogP contribution in [0, 0.1) is 11.8 Å². The highest BCUT2D eigenvalue weighted by molar-refractivity contribution is 4.87. The van der Waals surface area contributed by atoms with Gasteiger partial charge >= 0.3 is 0 Å². The molecular weight excluding hydrogens is 260 g/mol. The summed E-state index contributed by atoms with van der Waals surface area (Å²) in [6.45, 7) is 9.46. The van der Waals surface area contributed by atoms with Gasteiger partial charge in [-0.15, -0.1) is 0 Å².